The Balaban J connectivity index is 1.74. The number of carbonyl (C=O) groups is 1. The number of esters is 1. The van der Waals surface area contributed by atoms with Gasteiger partial charge < -0.3 is 9.47 Å². The molecular formula is C17H25NO3. The highest BCUT2D eigenvalue weighted by molar-refractivity contribution is 5.72. The molecule has 0 N–H and O–H groups in total. The summed E-state index contributed by atoms with van der Waals surface area (Å²) >= 11 is 0. The van der Waals surface area contributed by atoms with Crippen molar-refractivity contribution in [1.29, 1.82) is 0 Å². The number of methoxy groups -OCH3 is 1. The van der Waals surface area contributed by atoms with Crippen molar-refractivity contribution >= 4 is 5.97 Å². The van der Waals surface area contributed by atoms with Gasteiger partial charge in [-0.2, -0.15) is 0 Å². The van der Waals surface area contributed by atoms with Gasteiger partial charge >= 0.3 is 5.97 Å². The average Bonchev–Trinajstić information content (AvgIpc) is 2.50. The SMILES string of the molecule is COC(=O)C1CCN(CCOc2c(C)cccc2C)CC1. The predicted molar refractivity (Wildman–Crippen MR) is 82.6 cm³/mol. The zero-order valence-corrected chi connectivity index (χ0v) is 13.2. The van der Waals surface area contributed by atoms with Crippen molar-refractivity contribution in [2.75, 3.05) is 33.4 Å². The van der Waals surface area contributed by atoms with E-state index in [4.69, 9.17) is 9.47 Å². The van der Waals surface area contributed by atoms with Gasteiger partial charge in [0.15, 0.2) is 0 Å². The van der Waals surface area contributed by atoms with Gasteiger partial charge in [-0.25, -0.2) is 0 Å². The van der Waals surface area contributed by atoms with Crippen molar-refractivity contribution < 1.29 is 14.3 Å². The fraction of sp³-hybridized carbons (Fsp3) is 0.588. The molecule has 4 nitrogen and oxygen atoms in total. The molecule has 1 aromatic carbocycles. The third-order valence-electron chi connectivity index (χ3n) is 4.18. The monoisotopic (exact) mass is 291 g/mol. The second-order valence-corrected chi connectivity index (χ2v) is 5.71. The minimum atomic E-state index is -0.0681. The van der Waals surface area contributed by atoms with Crippen LogP contribution in [0, 0.1) is 19.8 Å². The molecule has 1 aliphatic heterocycles. The first-order chi connectivity index (χ1) is 10.1. The van der Waals surface area contributed by atoms with Crippen molar-refractivity contribution in [2.24, 2.45) is 5.92 Å². The minimum absolute atomic E-state index is 0.0681. The molecule has 0 saturated carbocycles. The maximum absolute atomic E-state index is 11.5. The summed E-state index contributed by atoms with van der Waals surface area (Å²) in [5.74, 6) is 1.01. The molecule has 116 valence electrons. The summed E-state index contributed by atoms with van der Waals surface area (Å²) in [4.78, 5) is 13.8. The van der Waals surface area contributed by atoms with Crippen molar-refractivity contribution in [3.63, 3.8) is 0 Å². The number of carbonyl (C=O) groups excluding carboxylic acids is 1. The molecule has 0 spiro atoms. The number of hydrogen-bond acceptors (Lipinski definition) is 4. The van der Waals surface area contributed by atoms with E-state index in [0.29, 0.717) is 6.61 Å². The topological polar surface area (TPSA) is 38.8 Å². The van der Waals surface area contributed by atoms with E-state index >= 15 is 0 Å². The standard InChI is InChI=1S/C17H25NO3/c1-13-5-4-6-14(2)16(13)21-12-11-18-9-7-15(8-10-18)17(19)20-3/h4-6,15H,7-12H2,1-3H3. The van der Waals surface area contributed by atoms with Gasteiger partial charge in [0.1, 0.15) is 12.4 Å². The van der Waals surface area contributed by atoms with E-state index < -0.39 is 0 Å². The van der Waals surface area contributed by atoms with Gasteiger partial charge in [-0.1, -0.05) is 18.2 Å². The normalized spacial score (nSPS) is 16.7. The summed E-state index contributed by atoms with van der Waals surface area (Å²) in [6.07, 6.45) is 1.77. The number of hydrogen-bond donors (Lipinski definition) is 0. The molecule has 1 fully saturated rings. The third kappa shape index (κ3) is 4.21. The Hall–Kier alpha value is -1.55. The maximum atomic E-state index is 11.5. The van der Waals surface area contributed by atoms with E-state index in [9.17, 15) is 4.79 Å². The Morgan fingerprint density at radius 3 is 2.43 bits per heavy atom. The Bertz CT molecular complexity index is 459. The van der Waals surface area contributed by atoms with Gasteiger partial charge in [0.25, 0.3) is 0 Å². The first kappa shape index (κ1) is 15.8. The minimum Gasteiger partial charge on any atom is -0.492 e. The van der Waals surface area contributed by atoms with Gasteiger partial charge in [0, 0.05) is 6.54 Å². The molecule has 4 heteroatoms. The number of likely N-dealkylation sites (tertiary alicyclic amines) is 1. The van der Waals surface area contributed by atoms with Crippen LogP contribution >= 0.6 is 0 Å². The van der Waals surface area contributed by atoms with Crippen LogP contribution in [-0.4, -0.2) is 44.2 Å². The molecule has 0 amide bonds. The number of aryl methyl sites for hydroxylation is 2. The molecule has 1 aromatic rings. The quantitative estimate of drug-likeness (QED) is 0.782. The molecule has 0 bridgehead atoms. The number of rotatable bonds is 5. The fourth-order valence-electron chi connectivity index (χ4n) is 2.86. The molecule has 21 heavy (non-hydrogen) atoms. The average molecular weight is 291 g/mol. The van der Waals surface area contributed by atoms with Crippen LogP contribution in [0.3, 0.4) is 0 Å². The lowest BCUT2D eigenvalue weighted by molar-refractivity contribution is -0.147. The largest absolute Gasteiger partial charge is 0.492 e. The van der Waals surface area contributed by atoms with Crippen LogP contribution in [0.2, 0.25) is 0 Å². The van der Waals surface area contributed by atoms with Crippen LogP contribution in [0.1, 0.15) is 24.0 Å². The predicted octanol–water partition coefficient (Wildman–Crippen LogP) is 2.57. The molecular weight excluding hydrogens is 266 g/mol. The molecule has 1 aliphatic rings. The van der Waals surface area contributed by atoms with E-state index in [1.807, 2.05) is 0 Å². The second-order valence-electron chi connectivity index (χ2n) is 5.71. The third-order valence-corrected chi connectivity index (χ3v) is 4.18. The van der Waals surface area contributed by atoms with Crippen LogP contribution in [0.5, 0.6) is 5.75 Å². The lowest BCUT2D eigenvalue weighted by Gasteiger charge is -2.30. The summed E-state index contributed by atoms with van der Waals surface area (Å²) in [5.41, 5.74) is 2.36. The van der Waals surface area contributed by atoms with Gasteiger partial charge in [0.2, 0.25) is 0 Å². The fourth-order valence-corrected chi connectivity index (χ4v) is 2.86. The molecule has 0 aromatic heterocycles. The molecule has 0 unspecified atom stereocenters. The number of ether oxygens (including phenoxy) is 2. The summed E-state index contributed by atoms with van der Waals surface area (Å²) in [6, 6.07) is 6.20. The van der Waals surface area contributed by atoms with Crippen LogP contribution in [0.25, 0.3) is 0 Å². The van der Waals surface area contributed by atoms with Crippen LogP contribution in [-0.2, 0) is 9.53 Å². The number of benzene rings is 1. The van der Waals surface area contributed by atoms with Crippen LogP contribution in [0.15, 0.2) is 18.2 Å². The van der Waals surface area contributed by atoms with Gasteiger partial charge in [0.05, 0.1) is 13.0 Å². The molecule has 0 atom stereocenters. The molecule has 0 radical (unpaired) electrons. The summed E-state index contributed by atoms with van der Waals surface area (Å²) in [7, 11) is 1.47. The highest BCUT2D eigenvalue weighted by atomic mass is 16.5. The zero-order chi connectivity index (χ0) is 15.2. The Kier molecular flexibility index (Phi) is 5.62. The highest BCUT2D eigenvalue weighted by Crippen LogP contribution is 2.22. The molecule has 0 aliphatic carbocycles. The van der Waals surface area contributed by atoms with E-state index in [1.54, 1.807) is 0 Å². The molecule has 1 heterocycles. The number of piperidine rings is 1. The Morgan fingerprint density at radius 1 is 1.24 bits per heavy atom. The van der Waals surface area contributed by atoms with E-state index in [0.717, 1.165) is 38.2 Å². The smallest absolute Gasteiger partial charge is 0.308 e. The second kappa shape index (κ2) is 7.46. The van der Waals surface area contributed by atoms with Gasteiger partial charge in [-0.3, -0.25) is 9.69 Å². The lowest BCUT2D eigenvalue weighted by atomic mass is 9.97. The van der Waals surface area contributed by atoms with Crippen molar-refractivity contribution in [3.05, 3.63) is 29.3 Å². The summed E-state index contributed by atoms with van der Waals surface area (Å²) in [5, 5.41) is 0. The first-order valence-corrected chi connectivity index (χ1v) is 7.61. The van der Waals surface area contributed by atoms with Crippen molar-refractivity contribution in [1.82, 2.24) is 4.90 Å². The van der Waals surface area contributed by atoms with E-state index in [-0.39, 0.29) is 11.9 Å². The van der Waals surface area contributed by atoms with Crippen LogP contribution < -0.4 is 4.74 Å². The highest BCUT2D eigenvalue weighted by Gasteiger charge is 2.25. The number of nitrogens with zero attached hydrogens (tertiary/aromatic N) is 1. The van der Waals surface area contributed by atoms with Gasteiger partial charge in [-0.15, -0.1) is 0 Å². The molecule has 1 saturated heterocycles. The Labute approximate surface area is 127 Å². The van der Waals surface area contributed by atoms with Crippen LogP contribution in [0.4, 0.5) is 0 Å². The van der Waals surface area contributed by atoms with Gasteiger partial charge in [-0.05, 0) is 50.9 Å². The summed E-state index contributed by atoms with van der Waals surface area (Å²) < 4.78 is 10.7. The van der Waals surface area contributed by atoms with E-state index in [2.05, 4.69) is 36.9 Å². The Morgan fingerprint density at radius 2 is 1.86 bits per heavy atom. The number of para-hydroxylation sites is 1. The van der Waals surface area contributed by atoms with E-state index in [1.165, 1.54) is 18.2 Å². The summed E-state index contributed by atoms with van der Waals surface area (Å²) in [6.45, 7) is 7.62. The van der Waals surface area contributed by atoms with Crippen molar-refractivity contribution in [2.45, 2.75) is 26.7 Å². The lowest BCUT2D eigenvalue weighted by Crippen LogP contribution is -2.38. The molecule has 2 rings (SSSR count). The maximum Gasteiger partial charge on any atom is 0.308 e. The van der Waals surface area contributed by atoms with Crippen molar-refractivity contribution in [3.8, 4) is 5.75 Å². The zero-order valence-electron chi connectivity index (χ0n) is 13.2. The first-order valence-electron chi connectivity index (χ1n) is 7.61.